The van der Waals surface area contributed by atoms with E-state index in [9.17, 15) is 9.59 Å². The number of carboxylic acid groups (broad SMARTS) is 1. The quantitative estimate of drug-likeness (QED) is 0.921. The van der Waals surface area contributed by atoms with E-state index in [1.165, 1.54) is 11.1 Å². The molecule has 24 heavy (non-hydrogen) atoms. The Morgan fingerprint density at radius 2 is 2.12 bits per heavy atom. The van der Waals surface area contributed by atoms with Crippen molar-refractivity contribution < 1.29 is 19.4 Å². The number of ketones is 1. The van der Waals surface area contributed by atoms with Crippen molar-refractivity contribution in [3.05, 3.63) is 29.3 Å². The highest BCUT2D eigenvalue weighted by molar-refractivity contribution is 5.87. The first kappa shape index (κ1) is 15.7. The number of carbonyl (C=O) groups is 2. The topological polar surface area (TPSA) is 63.6 Å². The first-order valence-corrected chi connectivity index (χ1v) is 9.00. The molecule has 0 spiro atoms. The first-order valence-electron chi connectivity index (χ1n) is 9.00. The van der Waals surface area contributed by atoms with E-state index in [2.05, 4.69) is 13.0 Å². The van der Waals surface area contributed by atoms with Crippen LogP contribution in [0.2, 0.25) is 0 Å². The summed E-state index contributed by atoms with van der Waals surface area (Å²) in [6, 6.07) is 6.04. The van der Waals surface area contributed by atoms with Gasteiger partial charge >= 0.3 is 5.97 Å². The van der Waals surface area contributed by atoms with Crippen LogP contribution in [-0.2, 0) is 16.0 Å². The highest BCUT2D eigenvalue weighted by Gasteiger charge is 2.54. The van der Waals surface area contributed by atoms with Crippen molar-refractivity contribution in [3.63, 3.8) is 0 Å². The lowest BCUT2D eigenvalue weighted by Crippen LogP contribution is -2.42. The SMILES string of the molecule is C[C@@]12CC[C@H]3c4ccc(OCC(=O)O)cc4CC[C@@H]3[C@@H]1CCC2=O. The molecular weight excluding hydrogens is 304 g/mol. The fourth-order valence-corrected chi connectivity index (χ4v) is 5.56. The number of Topliss-reactive ketones (excluding diaryl/α,β-unsaturated/α-hetero) is 1. The number of fused-ring (bicyclic) bond motifs is 5. The summed E-state index contributed by atoms with van der Waals surface area (Å²) in [5, 5.41) is 8.75. The minimum absolute atomic E-state index is 0.0801. The summed E-state index contributed by atoms with van der Waals surface area (Å²) in [6.07, 6.45) is 6.06. The van der Waals surface area contributed by atoms with Gasteiger partial charge in [-0.1, -0.05) is 13.0 Å². The van der Waals surface area contributed by atoms with Crippen LogP contribution in [0.15, 0.2) is 18.2 Å². The van der Waals surface area contributed by atoms with Crippen molar-refractivity contribution in [2.45, 2.75) is 51.4 Å². The number of ether oxygens (including phenoxy) is 1. The van der Waals surface area contributed by atoms with Crippen LogP contribution < -0.4 is 4.74 Å². The molecule has 1 aromatic rings. The van der Waals surface area contributed by atoms with Gasteiger partial charge in [-0.15, -0.1) is 0 Å². The van der Waals surface area contributed by atoms with Gasteiger partial charge in [-0.05, 0) is 73.1 Å². The largest absolute Gasteiger partial charge is 0.482 e. The molecule has 2 fully saturated rings. The third-order valence-corrected chi connectivity index (χ3v) is 6.77. The Labute approximate surface area is 142 Å². The van der Waals surface area contributed by atoms with Gasteiger partial charge in [0.1, 0.15) is 11.5 Å². The predicted molar refractivity (Wildman–Crippen MR) is 89.2 cm³/mol. The number of aliphatic carboxylic acids is 1. The molecule has 4 heteroatoms. The normalized spacial score (nSPS) is 34.2. The summed E-state index contributed by atoms with van der Waals surface area (Å²) in [6.45, 7) is 1.90. The molecule has 2 saturated carbocycles. The minimum Gasteiger partial charge on any atom is -0.482 e. The minimum atomic E-state index is -0.953. The molecule has 128 valence electrons. The predicted octanol–water partition coefficient (Wildman–Crippen LogP) is 3.58. The van der Waals surface area contributed by atoms with Gasteiger partial charge in [0.2, 0.25) is 0 Å². The molecular formula is C20H24O4. The summed E-state index contributed by atoms with van der Waals surface area (Å²) < 4.78 is 5.32. The molecule has 4 atom stereocenters. The van der Waals surface area contributed by atoms with E-state index in [4.69, 9.17) is 9.84 Å². The van der Waals surface area contributed by atoms with Crippen LogP contribution in [0.4, 0.5) is 0 Å². The van der Waals surface area contributed by atoms with Crippen LogP contribution in [0.25, 0.3) is 0 Å². The molecule has 0 saturated heterocycles. The Morgan fingerprint density at radius 1 is 1.29 bits per heavy atom. The number of rotatable bonds is 3. The molecule has 3 aliphatic rings. The van der Waals surface area contributed by atoms with E-state index in [-0.39, 0.29) is 12.0 Å². The molecule has 4 rings (SSSR count). The summed E-state index contributed by atoms with van der Waals surface area (Å²) in [5.41, 5.74) is 2.62. The lowest BCUT2D eigenvalue weighted by molar-refractivity contribution is -0.139. The van der Waals surface area contributed by atoms with Gasteiger partial charge in [-0.25, -0.2) is 4.79 Å². The van der Waals surface area contributed by atoms with Gasteiger partial charge in [0.15, 0.2) is 6.61 Å². The van der Waals surface area contributed by atoms with Gasteiger partial charge in [0.25, 0.3) is 0 Å². The Kier molecular flexibility index (Phi) is 3.66. The Hall–Kier alpha value is -1.84. The maximum absolute atomic E-state index is 12.4. The van der Waals surface area contributed by atoms with E-state index >= 15 is 0 Å². The average molecular weight is 328 g/mol. The highest BCUT2D eigenvalue weighted by Crippen LogP contribution is 2.59. The second-order valence-corrected chi connectivity index (χ2v) is 7.88. The Bertz CT molecular complexity index is 695. The summed E-state index contributed by atoms with van der Waals surface area (Å²) in [4.78, 5) is 23.0. The van der Waals surface area contributed by atoms with Crippen molar-refractivity contribution in [3.8, 4) is 5.75 Å². The molecule has 0 aromatic heterocycles. The third kappa shape index (κ3) is 2.35. The fraction of sp³-hybridized carbons (Fsp3) is 0.600. The zero-order chi connectivity index (χ0) is 16.9. The van der Waals surface area contributed by atoms with E-state index in [0.29, 0.717) is 29.3 Å². The highest BCUT2D eigenvalue weighted by atomic mass is 16.5. The van der Waals surface area contributed by atoms with Crippen LogP contribution in [0.1, 0.15) is 56.1 Å². The second kappa shape index (κ2) is 5.61. The lowest BCUT2D eigenvalue weighted by atomic mass is 9.55. The number of hydrogen-bond acceptors (Lipinski definition) is 3. The van der Waals surface area contributed by atoms with Gasteiger partial charge < -0.3 is 9.84 Å². The molecule has 0 bridgehead atoms. The molecule has 1 N–H and O–H groups in total. The number of hydrogen-bond donors (Lipinski definition) is 1. The van der Waals surface area contributed by atoms with Crippen molar-refractivity contribution in [1.82, 2.24) is 0 Å². The summed E-state index contributed by atoms with van der Waals surface area (Å²) >= 11 is 0. The maximum atomic E-state index is 12.4. The number of aryl methyl sites for hydroxylation is 1. The monoisotopic (exact) mass is 328 g/mol. The average Bonchev–Trinajstić information content (AvgIpc) is 2.88. The molecule has 0 heterocycles. The van der Waals surface area contributed by atoms with Crippen molar-refractivity contribution >= 4 is 11.8 Å². The van der Waals surface area contributed by atoms with Crippen molar-refractivity contribution in [1.29, 1.82) is 0 Å². The Balaban J connectivity index is 1.59. The molecule has 1 aromatic carbocycles. The van der Waals surface area contributed by atoms with E-state index in [0.717, 1.165) is 38.5 Å². The molecule has 3 aliphatic carbocycles. The van der Waals surface area contributed by atoms with E-state index in [1.807, 2.05) is 12.1 Å². The van der Waals surface area contributed by atoms with Crippen LogP contribution >= 0.6 is 0 Å². The second-order valence-electron chi connectivity index (χ2n) is 7.88. The standard InChI is InChI=1S/C20H24O4/c1-20-9-8-15-14-5-3-13(24-11-19(22)23)10-12(14)2-4-16(15)17(20)6-7-18(20)21/h3,5,10,15-17H,2,4,6-9,11H2,1H3,(H,22,23)/t15-,16-,17-,20+/m0/s1. The zero-order valence-corrected chi connectivity index (χ0v) is 14.1. The number of carboxylic acids is 1. The molecule has 0 unspecified atom stereocenters. The van der Waals surface area contributed by atoms with Crippen LogP contribution in [0, 0.1) is 17.3 Å². The van der Waals surface area contributed by atoms with E-state index < -0.39 is 5.97 Å². The van der Waals surface area contributed by atoms with Gasteiger partial charge in [-0.3, -0.25) is 4.79 Å². The van der Waals surface area contributed by atoms with Crippen LogP contribution in [0.5, 0.6) is 5.75 Å². The third-order valence-electron chi connectivity index (χ3n) is 6.77. The van der Waals surface area contributed by atoms with Crippen LogP contribution in [0.3, 0.4) is 0 Å². The van der Waals surface area contributed by atoms with E-state index in [1.54, 1.807) is 0 Å². The van der Waals surface area contributed by atoms with Crippen molar-refractivity contribution in [2.75, 3.05) is 6.61 Å². The molecule has 0 aliphatic heterocycles. The van der Waals surface area contributed by atoms with Crippen molar-refractivity contribution in [2.24, 2.45) is 17.3 Å². The van der Waals surface area contributed by atoms with Gasteiger partial charge in [0, 0.05) is 11.8 Å². The van der Waals surface area contributed by atoms with Gasteiger partial charge in [0.05, 0.1) is 0 Å². The maximum Gasteiger partial charge on any atom is 0.341 e. The van der Waals surface area contributed by atoms with Crippen LogP contribution in [-0.4, -0.2) is 23.5 Å². The molecule has 4 nitrogen and oxygen atoms in total. The lowest BCUT2D eigenvalue weighted by Gasteiger charge is -2.48. The fourth-order valence-electron chi connectivity index (χ4n) is 5.56. The first-order chi connectivity index (χ1) is 11.5. The summed E-state index contributed by atoms with van der Waals surface area (Å²) in [5.74, 6) is 1.88. The molecule has 0 amide bonds. The zero-order valence-electron chi connectivity index (χ0n) is 14.1. The smallest absolute Gasteiger partial charge is 0.341 e. The van der Waals surface area contributed by atoms with Gasteiger partial charge in [-0.2, -0.15) is 0 Å². The Morgan fingerprint density at radius 3 is 2.92 bits per heavy atom. The molecule has 0 radical (unpaired) electrons. The number of carbonyl (C=O) groups excluding carboxylic acids is 1. The summed E-state index contributed by atoms with van der Waals surface area (Å²) in [7, 11) is 0. The number of benzene rings is 1.